The van der Waals surface area contributed by atoms with Crippen molar-refractivity contribution in [1.29, 1.82) is 0 Å². The number of primary amides is 1. The number of morpholine rings is 1. The van der Waals surface area contributed by atoms with Gasteiger partial charge in [-0.25, -0.2) is 0 Å². The monoisotopic (exact) mass is 367 g/mol. The molecule has 0 bridgehead atoms. The Labute approximate surface area is 159 Å². The molecule has 27 heavy (non-hydrogen) atoms. The normalized spacial score (nSPS) is 17.4. The molecular weight excluding hydrogens is 342 g/mol. The summed E-state index contributed by atoms with van der Waals surface area (Å²) >= 11 is 0. The van der Waals surface area contributed by atoms with Crippen LogP contribution in [0.2, 0.25) is 0 Å². The second-order valence-electron chi connectivity index (χ2n) is 6.86. The van der Waals surface area contributed by atoms with Gasteiger partial charge in [0.25, 0.3) is 5.91 Å². The molecule has 1 aliphatic rings. The number of ether oxygens (including phenoxy) is 1. The van der Waals surface area contributed by atoms with E-state index in [-0.39, 0.29) is 12.0 Å². The summed E-state index contributed by atoms with van der Waals surface area (Å²) in [5.74, 6) is -0.688. The summed E-state index contributed by atoms with van der Waals surface area (Å²) in [6, 6.07) is 14.6. The summed E-state index contributed by atoms with van der Waals surface area (Å²) in [6.45, 7) is 6.06. The predicted octanol–water partition coefficient (Wildman–Crippen LogP) is 1.94. The Morgan fingerprint density at radius 3 is 2.56 bits per heavy atom. The Morgan fingerprint density at radius 2 is 1.85 bits per heavy atom. The highest BCUT2D eigenvalue weighted by Crippen LogP contribution is 2.12. The maximum atomic E-state index is 12.3. The fourth-order valence-electron chi connectivity index (χ4n) is 3.20. The number of nitrogens with zero attached hydrogens (tertiary/aromatic N) is 1. The van der Waals surface area contributed by atoms with Gasteiger partial charge in [0.2, 0.25) is 5.91 Å². The van der Waals surface area contributed by atoms with Crippen molar-refractivity contribution in [1.82, 2.24) is 10.2 Å². The molecule has 142 valence electrons. The summed E-state index contributed by atoms with van der Waals surface area (Å²) in [5.41, 5.74) is 8.37. The zero-order chi connectivity index (χ0) is 19.2. The number of carbonyl (C=O) groups excluding carboxylic acids is 2. The van der Waals surface area contributed by atoms with Crippen LogP contribution in [0.5, 0.6) is 0 Å². The van der Waals surface area contributed by atoms with Crippen LogP contribution in [0.25, 0.3) is 0 Å². The van der Waals surface area contributed by atoms with Gasteiger partial charge in [0, 0.05) is 37.3 Å². The van der Waals surface area contributed by atoms with Crippen LogP contribution in [0, 0.1) is 0 Å². The topological polar surface area (TPSA) is 84.7 Å². The molecule has 1 saturated heterocycles. The average molecular weight is 367 g/mol. The lowest BCUT2D eigenvalue weighted by atomic mass is 10.1. The summed E-state index contributed by atoms with van der Waals surface area (Å²) in [4.78, 5) is 25.8. The van der Waals surface area contributed by atoms with Crippen LogP contribution in [0.4, 0.5) is 0 Å². The minimum absolute atomic E-state index is 0.182. The molecule has 1 unspecified atom stereocenters. The van der Waals surface area contributed by atoms with Crippen molar-refractivity contribution in [3.05, 3.63) is 70.8 Å². The van der Waals surface area contributed by atoms with E-state index in [4.69, 9.17) is 10.5 Å². The third kappa shape index (κ3) is 5.39. The summed E-state index contributed by atoms with van der Waals surface area (Å²) in [6.07, 6.45) is 0.266. The smallest absolute Gasteiger partial charge is 0.251 e. The zero-order valence-corrected chi connectivity index (χ0v) is 15.5. The van der Waals surface area contributed by atoms with Crippen LogP contribution in [0.1, 0.15) is 38.8 Å². The van der Waals surface area contributed by atoms with Gasteiger partial charge in [0.05, 0.1) is 12.7 Å². The van der Waals surface area contributed by atoms with Gasteiger partial charge in [-0.3, -0.25) is 14.5 Å². The highest BCUT2D eigenvalue weighted by molar-refractivity contribution is 5.97. The van der Waals surface area contributed by atoms with E-state index in [0.29, 0.717) is 17.7 Å². The van der Waals surface area contributed by atoms with Crippen LogP contribution in [0.15, 0.2) is 48.5 Å². The van der Waals surface area contributed by atoms with E-state index in [2.05, 4.69) is 29.3 Å². The summed E-state index contributed by atoms with van der Waals surface area (Å²) in [7, 11) is 0. The maximum Gasteiger partial charge on any atom is 0.251 e. The van der Waals surface area contributed by atoms with Gasteiger partial charge >= 0.3 is 0 Å². The van der Waals surface area contributed by atoms with E-state index in [0.717, 1.165) is 31.8 Å². The standard InChI is InChI=1S/C21H25N3O3/c1-15-13-24(9-10-27-15)14-17-4-2-3-16(11-17)12-23-21(26)19-7-5-18(6-8-19)20(22)25/h2-8,11,15H,9-10,12-14H2,1H3,(H2,22,25)(H,23,26). The summed E-state index contributed by atoms with van der Waals surface area (Å²) < 4.78 is 5.58. The Balaban J connectivity index is 1.56. The maximum absolute atomic E-state index is 12.3. The van der Waals surface area contributed by atoms with Crippen molar-refractivity contribution in [2.24, 2.45) is 5.73 Å². The van der Waals surface area contributed by atoms with E-state index in [1.165, 1.54) is 5.56 Å². The van der Waals surface area contributed by atoms with Gasteiger partial charge in [0.15, 0.2) is 0 Å². The first-order valence-corrected chi connectivity index (χ1v) is 9.11. The van der Waals surface area contributed by atoms with Crippen molar-refractivity contribution in [2.45, 2.75) is 26.1 Å². The number of amides is 2. The first-order valence-electron chi connectivity index (χ1n) is 9.11. The number of nitrogens with one attached hydrogen (secondary N) is 1. The largest absolute Gasteiger partial charge is 0.376 e. The minimum atomic E-state index is -0.506. The molecule has 1 atom stereocenters. The summed E-state index contributed by atoms with van der Waals surface area (Å²) in [5, 5.41) is 2.91. The van der Waals surface area contributed by atoms with Crippen molar-refractivity contribution in [3.8, 4) is 0 Å². The Morgan fingerprint density at radius 1 is 1.15 bits per heavy atom. The van der Waals surface area contributed by atoms with E-state index in [1.54, 1.807) is 24.3 Å². The second-order valence-corrected chi connectivity index (χ2v) is 6.86. The molecule has 3 rings (SSSR count). The van der Waals surface area contributed by atoms with Crippen LogP contribution in [-0.4, -0.2) is 42.5 Å². The van der Waals surface area contributed by atoms with E-state index in [9.17, 15) is 9.59 Å². The highest BCUT2D eigenvalue weighted by atomic mass is 16.5. The van der Waals surface area contributed by atoms with Crippen LogP contribution >= 0.6 is 0 Å². The molecule has 0 saturated carbocycles. The lowest BCUT2D eigenvalue weighted by Gasteiger charge is -2.31. The molecule has 1 fully saturated rings. The van der Waals surface area contributed by atoms with Gasteiger partial charge in [0.1, 0.15) is 0 Å². The van der Waals surface area contributed by atoms with Gasteiger partial charge in [-0.05, 0) is 42.3 Å². The Bertz CT molecular complexity index is 805. The molecule has 2 aromatic rings. The van der Waals surface area contributed by atoms with Gasteiger partial charge < -0.3 is 15.8 Å². The van der Waals surface area contributed by atoms with Gasteiger partial charge in [-0.1, -0.05) is 24.3 Å². The molecule has 0 aromatic heterocycles. The van der Waals surface area contributed by atoms with Gasteiger partial charge in [-0.15, -0.1) is 0 Å². The molecular formula is C21H25N3O3. The molecule has 0 aliphatic carbocycles. The molecule has 0 spiro atoms. The van der Waals surface area contributed by atoms with Crippen LogP contribution in [0.3, 0.4) is 0 Å². The number of hydrogen-bond acceptors (Lipinski definition) is 4. The molecule has 2 amide bonds. The first kappa shape index (κ1) is 19.1. The van der Waals surface area contributed by atoms with Crippen LogP contribution in [-0.2, 0) is 17.8 Å². The second kappa shape index (κ2) is 8.79. The SMILES string of the molecule is CC1CN(Cc2cccc(CNC(=O)c3ccc(C(N)=O)cc3)c2)CCO1. The Hall–Kier alpha value is -2.70. The van der Waals surface area contributed by atoms with E-state index >= 15 is 0 Å². The number of carbonyl (C=O) groups is 2. The minimum Gasteiger partial charge on any atom is -0.376 e. The average Bonchev–Trinajstić information content (AvgIpc) is 2.66. The van der Waals surface area contributed by atoms with Crippen molar-refractivity contribution >= 4 is 11.8 Å². The molecule has 6 heteroatoms. The van der Waals surface area contributed by atoms with Crippen molar-refractivity contribution in [3.63, 3.8) is 0 Å². The molecule has 1 heterocycles. The zero-order valence-electron chi connectivity index (χ0n) is 15.5. The fraction of sp³-hybridized carbons (Fsp3) is 0.333. The van der Waals surface area contributed by atoms with Gasteiger partial charge in [-0.2, -0.15) is 0 Å². The molecule has 1 aliphatic heterocycles. The lowest BCUT2D eigenvalue weighted by molar-refractivity contribution is -0.0212. The fourth-order valence-corrected chi connectivity index (χ4v) is 3.20. The van der Waals surface area contributed by atoms with E-state index in [1.807, 2.05) is 12.1 Å². The molecule has 2 aromatic carbocycles. The third-order valence-corrected chi connectivity index (χ3v) is 4.61. The Kier molecular flexibility index (Phi) is 6.21. The predicted molar refractivity (Wildman–Crippen MR) is 103 cm³/mol. The van der Waals surface area contributed by atoms with Crippen LogP contribution < -0.4 is 11.1 Å². The number of hydrogen-bond donors (Lipinski definition) is 2. The lowest BCUT2D eigenvalue weighted by Crippen LogP contribution is -2.40. The third-order valence-electron chi connectivity index (χ3n) is 4.61. The molecule has 6 nitrogen and oxygen atoms in total. The van der Waals surface area contributed by atoms with Crippen molar-refractivity contribution in [2.75, 3.05) is 19.7 Å². The number of nitrogens with two attached hydrogens (primary N) is 1. The highest BCUT2D eigenvalue weighted by Gasteiger charge is 2.16. The number of benzene rings is 2. The first-order chi connectivity index (χ1) is 13.0. The molecule has 3 N–H and O–H groups in total. The van der Waals surface area contributed by atoms with E-state index < -0.39 is 5.91 Å². The number of rotatable bonds is 6. The quantitative estimate of drug-likeness (QED) is 0.817. The molecule has 0 radical (unpaired) electrons. The van der Waals surface area contributed by atoms with Crippen molar-refractivity contribution < 1.29 is 14.3 Å².